The van der Waals surface area contributed by atoms with Gasteiger partial charge in [0.15, 0.2) is 0 Å². The Morgan fingerprint density at radius 1 is 1.19 bits per heavy atom. The molecule has 5 nitrogen and oxygen atoms in total. The molecule has 6 heteroatoms. The van der Waals surface area contributed by atoms with Crippen molar-refractivity contribution in [3.8, 4) is 0 Å². The molecule has 1 N–H and O–H groups in total. The van der Waals surface area contributed by atoms with Gasteiger partial charge in [-0.15, -0.1) is 0 Å². The highest BCUT2D eigenvalue weighted by Gasteiger charge is 2.13. The van der Waals surface area contributed by atoms with Gasteiger partial charge < -0.3 is 10.2 Å². The van der Waals surface area contributed by atoms with Crippen LogP contribution in [0.4, 0.5) is 11.6 Å². The number of carbonyl (C=O) groups is 1. The normalized spacial score (nSPS) is 10.3. The summed E-state index contributed by atoms with van der Waals surface area (Å²) >= 11 is 5.90. The van der Waals surface area contributed by atoms with Gasteiger partial charge >= 0.3 is 0 Å². The predicted molar refractivity (Wildman–Crippen MR) is 85.2 cm³/mol. The first kappa shape index (κ1) is 15.3. The molecule has 1 aromatic heterocycles. The second-order valence-electron chi connectivity index (χ2n) is 4.93. The molecule has 0 aliphatic heterocycles. The van der Waals surface area contributed by atoms with Crippen LogP contribution in [0.25, 0.3) is 0 Å². The SMILES string of the molecule is Cc1nc(N(C)C)nc(C)c1NC(=O)c1cccc(Cl)c1. The van der Waals surface area contributed by atoms with Crippen molar-refractivity contribution in [3.63, 3.8) is 0 Å². The Bertz CT molecular complexity index is 662. The van der Waals surface area contributed by atoms with E-state index in [1.54, 1.807) is 24.3 Å². The summed E-state index contributed by atoms with van der Waals surface area (Å²) in [6.07, 6.45) is 0. The number of aryl methyl sites for hydroxylation is 2. The molecule has 0 bridgehead atoms. The van der Waals surface area contributed by atoms with Gasteiger partial charge in [0, 0.05) is 24.7 Å². The topological polar surface area (TPSA) is 58.1 Å². The van der Waals surface area contributed by atoms with Crippen molar-refractivity contribution < 1.29 is 4.79 Å². The summed E-state index contributed by atoms with van der Waals surface area (Å²) in [4.78, 5) is 22.8. The van der Waals surface area contributed by atoms with E-state index in [9.17, 15) is 4.79 Å². The van der Waals surface area contributed by atoms with Crippen LogP contribution in [0.5, 0.6) is 0 Å². The van der Waals surface area contributed by atoms with Crippen LogP contribution in [0, 0.1) is 13.8 Å². The molecule has 0 saturated heterocycles. The third kappa shape index (κ3) is 3.49. The quantitative estimate of drug-likeness (QED) is 0.947. The van der Waals surface area contributed by atoms with E-state index in [1.165, 1.54) is 0 Å². The molecule has 0 radical (unpaired) electrons. The lowest BCUT2D eigenvalue weighted by atomic mass is 10.2. The lowest BCUT2D eigenvalue weighted by Crippen LogP contribution is -2.18. The zero-order valence-electron chi connectivity index (χ0n) is 12.4. The third-order valence-electron chi connectivity index (χ3n) is 2.98. The van der Waals surface area contributed by atoms with Crippen LogP contribution in [0.15, 0.2) is 24.3 Å². The Kier molecular flexibility index (Phi) is 4.43. The summed E-state index contributed by atoms with van der Waals surface area (Å²) < 4.78 is 0. The molecule has 0 aliphatic carbocycles. The maximum absolute atomic E-state index is 12.3. The van der Waals surface area contributed by atoms with E-state index in [-0.39, 0.29) is 5.91 Å². The highest BCUT2D eigenvalue weighted by molar-refractivity contribution is 6.31. The van der Waals surface area contributed by atoms with Crippen molar-refractivity contribution in [1.82, 2.24) is 9.97 Å². The van der Waals surface area contributed by atoms with Gasteiger partial charge in [0.05, 0.1) is 17.1 Å². The van der Waals surface area contributed by atoms with E-state index in [4.69, 9.17) is 11.6 Å². The minimum Gasteiger partial charge on any atom is -0.347 e. The minimum atomic E-state index is -0.232. The summed E-state index contributed by atoms with van der Waals surface area (Å²) in [5.74, 6) is 0.385. The van der Waals surface area contributed by atoms with Gasteiger partial charge in [-0.3, -0.25) is 4.79 Å². The smallest absolute Gasteiger partial charge is 0.255 e. The van der Waals surface area contributed by atoms with Crippen molar-refractivity contribution in [1.29, 1.82) is 0 Å². The molecule has 1 amide bonds. The fraction of sp³-hybridized carbons (Fsp3) is 0.267. The molecule has 0 unspecified atom stereocenters. The second-order valence-corrected chi connectivity index (χ2v) is 5.36. The zero-order chi connectivity index (χ0) is 15.6. The number of halogens is 1. The Labute approximate surface area is 129 Å². The first-order valence-electron chi connectivity index (χ1n) is 6.48. The summed E-state index contributed by atoms with van der Waals surface area (Å²) in [5.41, 5.74) is 2.58. The van der Waals surface area contributed by atoms with E-state index < -0.39 is 0 Å². The lowest BCUT2D eigenvalue weighted by Gasteiger charge is -2.15. The molecule has 2 rings (SSSR count). The molecule has 0 aliphatic rings. The summed E-state index contributed by atoms with van der Waals surface area (Å²) in [6, 6.07) is 6.80. The first-order valence-corrected chi connectivity index (χ1v) is 6.85. The molecule has 2 aromatic rings. The molecule has 0 atom stereocenters. The summed E-state index contributed by atoms with van der Waals surface area (Å²) in [7, 11) is 3.75. The van der Waals surface area contributed by atoms with Crippen LogP contribution >= 0.6 is 11.6 Å². The molecule has 0 spiro atoms. The van der Waals surface area contributed by atoms with Gasteiger partial charge in [-0.1, -0.05) is 17.7 Å². The monoisotopic (exact) mass is 304 g/mol. The number of anilines is 2. The van der Waals surface area contributed by atoms with Crippen LogP contribution < -0.4 is 10.2 Å². The van der Waals surface area contributed by atoms with Crippen LogP contribution in [0.2, 0.25) is 5.02 Å². The predicted octanol–water partition coefficient (Wildman–Crippen LogP) is 3.07. The molecule has 21 heavy (non-hydrogen) atoms. The zero-order valence-corrected chi connectivity index (χ0v) is 13.2. The number of hydrogen-bond donors (Lipinski definition) is 1. The number of aromatic nitrogens is 2. The molecule has 1 heterocycles. The van der Waals surface area contributed by atoms with Crippen molar-refractivity contribution in [2.45, 2.75) is 13.8 Å². The second kappa shape index (κ2) is 6.10. The minimum absolute atomic E-state index is 0.232. The van der Waals surface area contributed by atoms with E-state index in [2.05, 4.69) is 15.3 Å². The number of nitrogens with one attached hydrogen (secondary N) is 1. The van der Waals surface area contributed by atoms with Crippen LogP contribution in [0.3, 0.4) is 0 Å². The Morgan fingerprint density at radius 3 is 2.33 bits per heavy atom. The van der Waals surface area contributed by atoms with Gasteiger partial charge in [0.25, 0.3) is 5.91 Å². The molecule has 0 saturated carbocycles. The lowest BCUT2D eigenvalue weighted by molar-refractivity contribution is 0.102. The van der Waals surface area contributed by atoms with Crippen LogP contribution in [0.1, 0.15) is 21.7 Å². The van der Waals surface area contributed by atoms with E-state index in [0.717, 1.165) is 11.4 Å². The number of rotatable bonds is 3. The van der Waals surface area contributed by atoms with Gasteiger partial charge in [-0.2, -0.15) is 0 Å². The van der Waals surface area contributed by atoms with Crippen molar-refractivity contribution in [2.75, 3.05) is 24.3 Å². The average molecular weight is 305 g/mol. The van der Waals surface area contributed by atoms with Gasteiger partial charge in [-0.25, -0.2) is 9.97 Å². The standard InChI is InChI=1S/C15H17ClN4O/c1-9-13(10(2)18-15(17-9)20(3)4)19-14(21)11-6-5-7-12(16)8-11/h5-8H,1-4H3,(H,19,21). The summed E-state index contributed by atoms with van der Waals surface area (Å²) in [5, 5.41) is 3.37. The number of benzene rings is 1. The van der Waals surface area contributed by atoms with E-state index >= 15 is 0 Å². The fourth-order valence-corrected chi connectivity index (χ4v) is 2.09. The Morgan fingerprint density at radius 2 is 1.81 bits per heavy atom. The average Bonchev–Trinajstić information content (AvgIpc) is 2.42. The first-order chi connectivity index (χ1) is 9.88. The van der Waals surface area contributed by atoms with Crippen molar-refractivity contribution in [2.24, 2.45) is 0 Å². The molecule has 1 aromatic carbocycles. The number of nitrogens with zero attached hydrogens (tertiary/aromatic N) is 3. The molecule has 110 valence electrons. The molecule has 0 fully saturated rings. The van der Waals surface area contributed by atoms with Gasteiger partial charge in [0.1, 0.15) is 0 Å². The number of amides is 1. The number of hydrogen-bond acceptors (Lipinski definition) is 4. The highest BCUT2D eigenvalue weighted by atomic mass is 35.5. The van der Waals surface area contributed by atoms with Crippen molar-refractivity contribution in [3.05, 3.63) is 46.2 Å². The van der Waals surface area contributed by atoms with Crippen LogP contribution in [-0.4, -0.2) is 30.0 Å². The van der Waals surface area contributed by atoms with Gasteiger partial charge in [-0.05, 0) is 32.0 Å². The summed E-state index contributed by atoms with van der Waals surface area (Å²) in [6.45, 7) is 3.69. The Hall–Kier alpha value is -2.14. The van der Waals surface area contributed by atoms with Crippen molar-refractivity contribution >= 4 is 29.1 Å². The largest absolute Gasteiger partial charge is 0.347 e. The fourth-order valence-electron chi connectivity index (χ4n) is 1.89. The maximum atomic E-state index is 12.3. The van der Waals surface area contributed by atoms with Gasteiger partial charge in [0.2, 0.25) is 5.95 Å². The molecular weight excluding hydrogens is 288 g/mol. The number of carbonyl (C=O) groups excluding carboxylic acids is 1. The van der Waals surface area contributed by atoms with E-state index in [1.807, 2.05) is 32.8 Å². The van der Waals surface area contributed by atoms with E-state index in [0.29, 0.717) is 22.2 Å². The molecular formula is C15H17ClN4O. The third-order valence-corrected chi connectivity index (χ3v) is 3.22. The van der Waals surface area contributed by atoms with Crippen LogP contribution in [-0.2, 0) is 0 Å². The maximum Gasteiger partial charge on any atom is 0.255 e. The highest BCUT2D eigenvalue weighted by Crippen LogP contribution is 2.21. The Balaban J connectivity index is 2.29.